The highest BCUT2D eigenvalue weighted by molar-refractivity contribution is 6.37. The molecule has 0 atom stereocenters. The van der Waals surface area contributed by atoms with Crippen molar-refractivity contribution >= 4 is 52.1 Å². The van der Waals surface area contributed by atoms with E-state index in [4.69, 9.17) is 39.5 Å². The molecule has 0 aliphatic heterocycles. The van der Waals surface area contributed by atoms with Gasteiger partial charge in [-0.25, -0.2) is 0 Å². The van der Waals surface area contributed by atoms with Crippen molar-refractivity contribution in [3.8, 4) is 5.75 Å². The van der Waals surface area contributed by atoms with Crippen LogP contribution in [0.1, 0.15) is 22.3 Å². The molecule has 2 N–H and O–H groups in total. The fraction of sp³-hybridized carbons (Fsp3) is 0.208. The van der Waals surface area contributed by atoms with Gasteiger partial charge in [-0.05, 0) is 73.4 Å². The van der Waals surface area contributed by atoms with Crippen molar-refractivity contribution in [3.05, 3.63) is 85.9 Å². The normalized spacial score (nSPS) is 10.6. The maximum absolute atomic E-state index is 12.2. The van der Waals surface area contributed by atoms with Crippen LogP contribution in [0.2, 0.25) is 15.1 Å². The van der Waals surface area contributed by atoms with Gasteiger partial charge in [-0.1, -0.05) is 53.0 Å². The Morgan fingerprint density at radius 3 is 2.23 bits per heavy atom. The van der Waals surface area contributed by atoms with Crippen LogP contribution in [-0.2, 0) is 11.3 Å². The number of carbonyl (C=O) groups is 1. The van der Waals surface area contributed by atoms with Gasteiger partial charge >= 0.3 is 0 Å². The Bertz CT molecular complexity index is 1090. The molecular weight excluding hydrogens is 455 g/mol. The quantitative estimate of drug-likeness (QED) is 0.378. The molecule has 0 aromatic heterocycles. The highest BCUT2D eigenvalue weighted by Gasteiger charge is 2.13. The monoisotopic (exact) mass is 476 g/mol. The first-order chi connectivity index (χ1) is 14.7. The molecule has 0 heterocycles. The minimum absolute atomic E-state index is 0.231. The van der Waals surface area contributed by atoms with Gasteiger partial charge in [0.15, 0.2) is 12.4 Å². The zero-order valence-corrected chi connectivity index (χ0v) is 19.8. The van der Waals surface area contributed by atoms with Gasteiger partial charge in [0.25, 0.3) is 5.91 Å². The van der Waals surface area contributed by atoms with Crippen LogP contribution in [0.25, 0.3) is 0 Å². The summed E-state index contributed by atoms with van der Waals surface area (Å²) in [6.45, 7) is 6.31. The molecule has 3 rings (SSSR count). The molecule has 3 aromatic carbocycles. The van der Waals surface area contributed by atoms with Gasteiger partial charge in [0.05, 0.1) is 10.0 Å². The average molecular weight is 478 g/mol. The third-order valence-electron chi connectivity index (χ3n) is 4.74. The number of amides is 1. The van der Waals surface area contributed by atoms with E-state index < -0.39 is 0 Å². The molecule has 0 saturated carbocycles. The van der Waals surface area contributed by atoms with E-state index in [1.54, 1.807) is 24.3 Å². The van der Waals surface area contributed by atoms with Gasteiger partial charge in [-0.15, -0.1) is 0 Å². The van der Waals surface area contributed by atoms with E-state index in [0.29, 0.717) is 27.3 Å². The second-order valence-electron chi connectivity index (χ2n) is 7.36. The van der Waals surface area contributed by atoms with Crippen molar-refractivity contribution < 1.29 is 9.53 Å². The van der Waals surface area contributed by atoms with Crippen molar-refractivity contribution in [3.63, 3.8) is 0 Å². The number of benzene rings is 3. The van der Waals surface area contributed by atoms with Crippen LogP contribution < -0.4 is 15.4 Å². The molecule has 7 heteroatoms. The SMILES string of the molecule is Cc1ccc(C)c(NCc2cc(Cl)c(OCC(=O)Nc3ccc(C)c(Cl)c3)c(Cl)c2)c1. The highest BCUT2D eigenvalue weighted by atomic mass is 35.5. The fourth-order valence-corrected chi connectivity index (χ4v) is 3.80. The number of hydrogen-bond acceptors (Lipinski definition) is 3. The third kappa shape index (κ3) is 6.30. The molecule has 1 amide bonds. The minimum atomic E-state index is -0.340. The molecule has 0 saturated heterocycles. The van der Waals surface area contributed by atoms with Crippen molar-refractivity contribution in [2.24, 2.45) is 0 Å². The molecule has 0 spiro atoms. The smallest absolute Gasteiger partial charge is 0.262 e. The van der Waals surface area contributed by atoms with Crippen LogP contribution in [0.4, 0.5) is 11.4 Å². The summed E-state index contributed by atoms with van der Waals surface area (Å²) < 4.78 is 5.58. The summed E-state index contributed by atoms with van der Waals surface area (Å²) in [6.07, 6.45) is 0. The van der Waals surface area contributed by atoms with E-state index >= 15 is 0 Å². The van der Waals surface area contributed by atoms with E-state index in [9.17, 15) is 4.79 Å². The van der Waals surface area contributed by atoms with Gasteiger partial charge in [0, 0.05) is 22.9 Å². The summed E-state index contributed by atoms with van der Waals surface area (Å²) in [5, 5.41) is 7.40. The Hall–Kier alpha value is -2.40. The number of rotatable bonds is 7. The van der Waals surface area contributed by atoms with Crippen LogP contribution in [0.15, 0.2) is 48.5 Å². The van der Waals surface area contributed by atoms with Gasteiger partial charge in [0.1, 0.15) is 0 Å². The van der Waals surface area contributed by atoms with Crippen LogP contribution in [0, 0.1) is 20.8 Å². The predicted molar refractivity (Wildman–Crippen MR) is 130 cm³/mol. The molecule has 0 radical (unpaired) electrons. The summed E-state index contributed by atoms with van der Waals surface area (Å²) in [4.78, 5) is 12.2. The van der Waals surface area contributed by atoms with Gasteiger partial charge in [-0.2, -0.15) is 0 Å². The molecule has 31 heavy (non-hydrogen) atoms. The predicted octanol–water partition coefficient (Wildman–Crippen LogP) is 7.20. The second kappa shape index (κ2) is 10.3. The highest BCUT2D eigenvalue weighted by Crippen LogP contribution is 2.34. The van der Waals surface area contributed by atoms with Crippen LogP contribution in [0.5, 0.6) is 5.75 Å². The van der Waals surface area contributed by atoms with Crippen molar-refractivity contribution in [1.29, 1.82) is 0 Å². The van der Waals surface area contributed by atoms with Crippen LogP contribution in [-0.4, -0.2) is 12.5 Å². The second-order valence-corrected chi connectivity index (χ2v) is 8.58. The molecule has 4 nitrogen and oxygen atoms in total. The Kier molecular flexibility index (Phi) is 7.71. The topological polar surface area (TPSA) is 50.4 Å². The number of anilines is 2. The van der Waals surface area contributed by atoms with Gasteiger partial charge in [0.2, 0.25) is 0 Å². The van der Waals surface area contributed by atoms with Crippen molar-refractivity contribution in [2.45, 2.75) is 27.3 Å². The van der Waals surface area contributed by atoms with E-state index in [1.165, 1.54) is 5.56 Å². The van der Waals surface area contributed by atoms with Gasteiger partial charge < -0.3 is 15.4 Å². The molecule has 3 aromatic rings. The largest absolute Gasteiger partial charge is 0.481 e. The number of halogens is 3. The molecule has 0 bridgehead atoms. The van der Waals surface area contributed by atoms with E-state index in [0.717, 1.165) is 22.4 Å². The zero-order valence-electron chi connectivity index (χ0n) is 17.5. The standard InChI is InChI=1S/C24H23Cl3N2O2/c1-14-4-5-16(3)22(8-14)28-12-17-9-20(26)24(21(27)10-17)31-13-23(30)29-18-7-6-15(2)19(25)11-18/h4-11,28H,12-13H2,1-3H3,(H,29,30). The molecular formula is C24H23Cl3N2O2. The maximum Gasteiger partial charge on any atom is 0.262 e. The zero-order chi connectivity index (χ0) is 22.5. The molecule has 0 aliphatic rings. The number of aryl methyl sites for hydroxylation is 3. The molecule has 0 fully saturated rings. The van der Waals surface area contributed by atoms with Crippen molar-refractivity contribution in [2.75, 3.05) is 17.2 Å². The third-order valence-corrected chi connectivity index (χ3v) is 5.71. The van der Waals surface area contributed by atoms with Crippen LogP contribution >= 0.6 is 34.8 Å². The summed E-state index contributed by atoms with van der Waals surface area (Å²) in [5.41, 5.74) is 5.82. The number of hydrogen-bond donors (Lipinski definition) is 2. The number of ether oxygens (including phenoxy) is 1. The average Bonchev–Trinajstić information content (AvgIpc) is 2.71. The number of nitrogens with one attached hydrogen (secondary N) is 2. The lowest BCUT2D eigenvalue weighted by Crippen LogP contribution is -2.20. The fourth-order valence-electron chi connectivity index (χ4n) is 2.98. The molecule has 0 unspecified atom stereocenters. The lowest BCUT2D eigenvalue weighted by molar-refractivity contribution is -0.118. The Balaban J connectivity index is 1.61. The first-order valence-electron chi connectivity index (χ1n) is 9.71. The summed E-state index contributed by atoms with van der Waals surface area (Å²) >= 11 is 18.8. The minimum Gasteiger partial charge on any atom is -0.481 e. The Labute approximate surface area is 197 Å². The summed E-state index contributed by atoms with van der Waals surface area (Å²) in [5.74, 6) is -0.0661. The first kappa shape index (κ1) is 23.3. The molecule has 162 valence electrons. The first-order valence-corrected chi connectivity index (χ1v) is 10.8. The maximum atomic E-state index is 12.2. The van der Waals surface area contributed by atoms with E-state index in [1.807, 2.05) is 26.8 Å². The van der Waals surface area contributed by atoms with Crippen molar-refractivity contribution in [1.82, 2.24) is 0 Å². The molecule has 0 aliphatic carbocycles. The lowest BCUT2D eigenvalue weighted by atomic mass is 10.1. The van der Waals surface area contributed by atoms with Gasteiger partial charge in [-0.3, -0.25) is 4.79 Å². The summed E-state index contributed by atoms with van der Waals surface area (Å²) in [6, 6.07) is 15.1. The van der Waals surface area contributed by atoms with E-state index in [2.05, 4.69) is 28.8 Å². The summed E-state index contributed by atoms with van der Waals surface area (Å²) in [7, 11) is 0. The van der Waals surface area contributed by atoms with E-state index in [-0.39, 0.29) is 18.3 Å². The Morgan fingerprint density at radius 1 is 0.871 bits per heavy atom. The van der Waals surface area contributed by atoms with Crippen LogP contribution in [0.3, 0.4) is 0 Å². The lowest BCUT2D eigenvalue weighted by Gasteiger charge is -2.14. The number of carbonyl (C=O) groups excluding carboxylic acids is 1. The Morgan fingerprint density at radius 2 is 1.55 bits per heavy atom.